The summed E-state index contributed by atoms with van der Waals surface area (Å²) in [6.45, 7) is 2.91. The van der Waals surface area contributed by atoms with Crippen molar-refractivity contribution in [2.24, 2.45) is 0 Å². The molecule has 0 radical (unpaired) electrons. The summed E-state index contributed by atoms with van der Waals surface area (Å²) in [6, 6.07) is 5.87. The Kier molecular flexibility index (Phi) is 12.4. The molecule has 0 atom stereocenters. The molecule has 0 aliphatic carbocycles. The summed E-state index contributed by atoms with van der Waals surface area (Å²) < 4.78 is 10.5. The van der Waals surface area contributed by atoms with Crippen LogP contribution in [0.1, 0.15) is 76.7 Å². The van der Waals surface area contributed by atoms with E-state index >= 15 is 0 Å². The van der Waals surface area contributed by atoms with Gasteiger partial charge in [0.2, 0.25) is 5.91 Å². The van der Waals surface area contributed by atoms with Gasteiger partial charge in [-0.15, -0.1) is 0 Å². The molecular formula is C22H37NO3. The number of methoxy groups -OCH3 is 2. The second-order valence-corrected chi connectivity index (χ2v) is 6.87. The van der Waals surface area contributed by atoms with E-state index in [-0.39, 0.29) is 5.91 Å². The van der Waals surface area contributed by atoms with Crippen LogP contribution >= 0.6 is 0 Å². The second kappa shape index (κ2) is 14.5. The molecule has 0 bridgehead atoms. The van der Waals surface area contributed by atoms with E-state index in [0.29, 0.717) is 13.0 Å². The Bertz CT molecular complexity index is 502. The fourth-order valence-corrected chi connectivity index (χ4v) is 3.07. The first-order valence-electron chi connectivity index (χ1n) is 10.2. The Morgan fingerprint density at radius 2 is 1.50 bits per heavy atom. The molecule has 0 saturated carbocycles. The summed E-state index contributed by atoms with van der Waals surface area (Å²) >= 11 is 0. The Balaban J connectivity index is 2.06. The van der Waals surface area contributed by atoms with Crippen molar-refractivity contribution in [2.45, 2.75) is 77.6 Å². The molecule has 0 aliphatic heterocycles. The van der Waals surface area contributed by atoms with Crippen LogP contribution in [0.2, 0.25) is 0 Å². The van der Waals surface area contributed by atoms with Crippen LogP contribution in [0.15, 0.2) is 18.2 Å². The number of nitrogens with one attached hydrogen (secondary N) is 1. The standard InChI is InChI=1S/C22H37NO3/c1-4-5-6-7-8-9-10-11-12-13-22(24)23-17-16-19-14-15-20(25-2)21(18-19)26-3/h14-15,18H,4-13,16-17H2,1-3H3,(H,23,24). The molecular weight excluding hydrogens is 326 g/mol. The number of amides is 1. The predicted molar refractivity (Wildman–Crippen MR) is 108 cm³/mol. The Morgan fingerprint density at radius 3 is 2.12 bits per heavy atom. The van der Waals surface area contributed by atoms with Gasteiger partial charge in [-0.2, -0.15) is 0 Å². The summed E-state index contributed by atoms with van der Waals surface area (Å²) in [4.78, 5) is 11.9. The van der Waals surface area contributed by atoms with Gasteiger partial charge >= 0.3 is 0 Å². The van der Waals surface area contributed by atoms with Gasteiger partial charge in [0.1, 0.15) is 0 Å². The van der Waals surface area contributed by atoms with Crippen LogP contribution in [0, 0.1) is 0 Å². The van der Waals surface area contributed by atoms with Crippen LogP contribution in [0.3, 0.4) is 0 Å². The zero-order valence-electron chi connectivity index (χ0n) is 16.9. The molecule has 148 valence electrons. The zero-order chi connectivity index (χ0) is 19.0. The maximum Gasteiger partial charge on any atom is 0.220 e. The SMILES string of the molecule is CCCCCCCCCCCC(=O)NCCc1ccc(OC)c(OC)c1. The molecule has 0 spiro atoms. The summed E-state index contributed by atoms with van der Waals surface area (Å²) in [7, 11) is 3.26. The van der Waals surface area contributed by atoms with Gasteiger partial charge in [-0.3, -0.25) is 4.79 Å². The minimum atomic E-state index is 0.161. The van der Waals surface area contributed by atoms with Crippen molar-refractivity contribution in [3.05, 3.63) is 23.8 Å². The van der Waals surface area contributed by atoms with Crippen molar-refractivity contribution in [3.63, 3.8) is 0 Å². The average Bonchev–Trinajstić information content (AvgIpc) is 2.66. The number of carbonyl (C=O) groups excluding carboxylic acids is 1. The first-order valence-corrected chi connectivity index (χ1v) is 10.2. The van der Waals surface area contributed by atoms with Crippen molar-refractivity contribution in [2.75, 3.05) is 20.8 Å². The van der Waals surface area contributed by atoms with Crippen molar-refractivity contribution >= 4 is 5.91 Å². The molecule has 0 unspecified atom stereocenters. The summed E-state index contributed by atoms with van der Waals surface area (Å²) in [6.07, 6.45) is 12.9. The van der Waals surface area contributed by atoms with Crippen LogP contribution in [0.4, 0.5) is 0 Å². The topological polar surface area (TPSA) is 47.6 Å². The molecule has 0 saturated heterocycles. The molecule has 1 aromatic carbocycles. The van der Waals surface area contributed by atoms with Gasteiger partial charge in [-0.25, -0.2) is 0 Å². The number of carbonyl (C=O) groups is 1. The lowest BCUT2D eigenvalue weighted by molar-refractivity contribution is -0.121. The molecule has 0 fully saturated rings. The van der Waals surface area contributed by atoms with Gasteiger partial charge in [0.05, 0.1) is 14.2 Å². The highest BCUT2D eigenvalue weighted by Gasteiger charge is 2.05. The first-order chi connectivity index (χ1) is 12.7. The summed E-state index contributed by atoms with van der Waals surface area (Å²) in [5.74, 6) is 1.62. The van der Waals surface area contributed by atoms with E-state index in [1.807, 2.05) is 18.2 Å². The molecule has 1 aromatic rings. The number of unbranched alkanes of at least 4 members (excludes halogenated alkanes) is 8. The lowest BCUT2D eigenvalue weighted by Crippen LogP contribution is -2.25. The van der Waals surface area contributed by atoms with Crippen molar-refractivity contribution in [1.29, 1.82) is 0 Å². The van der Waals surface area contributed by atoms with Gasteiger partial charge in [0, 0.05) is 13.0 Å². The van der Waals surface area contributed by atoms with E-state index in [2.05, 4.69) is 12.2 Å². The van der Waals surface area contributed by atoms with E-state index < -0.39 is 0 Å². The molecule has 0 heterocycles. The quantitative estimate of drug-likeness (QED) is 0.431. The number of benzene rings is 1. The third-order valence-corrected chi connectivity index (χ3v) is 4.69. The lowest BCUT2D eigenvalue weighted by atomic mass is 10.1. The smallest absolute Gasteiger partial charge is 0.220 e. The number of hydrogen-bond donors (Lipinski definition) is 1. The minimum absolute atomic E-state index is 0.161. The van der Waals surface area contributed by atoms with Gasteiger partial charge < -0.3 is 14.8 Å². The zero-order valence-corrected chi connectivity index (χ0v) is 16.9. The lowest BCUT2D eigenvalue weighted by Gasteiger charge is -2.10. The monoisotopic (exact) mass is 363 g/mol. The fourth-order valence-electron chi connectivity index (χ4n) is 3.07. The number of ether oxygens (including phenoxy) is 2. The Labute approximate surface area is 159 Å². The van der Waals surface area contributed by atoms with Crippen LogP contribution in [-0.4, -0.2) is 26.7 Å². The fraction of sp³-hybridized carbons (Fsp3) is 0.682. The van der Waals surface area contributed by atoms with Crippen LogP contribution in [0.25, 0.3) is 0 Å². The molecule has 26 heavy (non-hydrogen) atoms. The van der Waals surface area contributed by atoms with Crippen molar-refractivity contribution in [3.8, 4) is 11.5 Å². The average molecular weight is 364 g/mol. The van der Waals surface area contributed by atoms with E-state index in [1.165, 1.54) is 44.9 Å². The third-order valence-electron chi connectivity index (χ3n) is 4.69. The molecule has 0 aliphatic rings. The van der Waals surface area contributed by atoms with E-state index in [4.69, 9.17) is 9.47 Å². The molecule has 1 amide bonds. The highest BCUT2D eigenvalue weighted by atomic mass is 16.5. The van der Waals surface area contributed by atoms with Crippen molar-refractivity contribution < 1.29 is 14.3 Å². The van der Waals surface area contributed by atoms with E-state index in [0.717, 1.165) is 36.3 Å². The Morgan fingerprint density at radius 1 is 0.885 bits per heavy atom. The van der Waals surface area contributed by atoms with E-state index in [1.54, 1.807) is 14.2 Å². The first kappa shape index (κ1) is 22.3. The number of hydrogen-bond acceptors (Lipinski definition) is 3. The maximum absolute atomic E-state index is 11.9. The Hall–Kier alpha value is -1.71. The summed E-state index contributed by atoms with van der Waals surface area (Å²) in [5, 5.41) is 3.01. The van der Waals surface area contributed by atoms with Gasteiger partial charge in [0.25, 0.3) is 0 Å². The minimum Gasteiger partial charge on any atom is -0.493 e. The normalized spacial score (nSPS) is 10.6. The number of rotatable bonds is 15. The predicted octanol–water partition coefficient (Wildman–Crippen LogP) is 5.28. The van der Waals surface area contributed by atoms with Crippen LogP contribution in [0.5, 0.6) is 11.5 Å². The maximum atomic E-state index is 11.9. The highest BCUT2D eigenvalue weighted by molar-refractivity contribution is 5.75. The molecule has 0 aromatic heterocycles. The van der Waals surface area contributed by atoms with Gasteiger partial charge in [0.15, 0.2) is 11.5 Å². The second-order valence-electron chi connectivity index (χ2n) is 6.87. The molecule has 1 rings (SSSR count). The van der Waals surface area contributed by atoms with Gasteiger partial charge in [-0.1, -0.05) is 64.4 Å². The molecule has 4 nitrogen and oxygen atoms in total. The van der Waals surface area contributed by atoms with E-state index in [9.17, 15) is 4.79 Å². The van der Waals surface area contributed by atoms with Gasteiger partial charge in [-0.05, 0) is 30.5 Å². The van der Waals surface area contributed by atoms with Crippen molar-refractivity contribution in [1.82, 2.24) is 5.32 Å². The highest BCUT2D eigenvalue weighted by Crippen LogP contribution is 2.27. The molecule has 1 N–H and O–H groups in total. The largest absolute Gasteiger partial charge is 0.493 e. The summed E-state index contributed by atoms with van der Waals surface area (Å²) in [5.41, 5.74) is 1.13. The third kappa shape index (κ3) is 9.69. The molecule has 4 heteroatoms. The van der Waals surface area contributed by atoms with Crippen LogP contribution in [-0.2, 0) is 11.2 Å². The van der Waals surface area contributed by atoms with Crippen LogP contribution < -0.4 is 14.8 Å².